The molecule has 0 aliphatic heterocycles. The molecule has 1 aromatic heterocycles. The van der Waals surface area contributed by atoms with E-state index in [-0.39, 0.29) is 23.9 Å². The van der Waals surface area contributed by atoms with Gasteiger partial charge < -0.3 is 10.1 Å². The molecule has 9 heteroatoms. The average molecular weight is 484 g/mol. The largest absolute Gasteiger partial charge is 0.480 e. The summed E-state index contributed by atoms with van der Waals surface area (Å²) in [5.41, 5.74) is 1.74. The van der Waals surface area contributed by atoms with Crippen molar-refractivity contribution in [3.63, 3.8) is 0 Å². The molecule has 0 aliphatic rings. The number of Topliss-reactive ketones (excluding diaryl/α,β-unsaturated/α-hetero) is 1. The molecule has 0 aliphatic carbocycles. The molecule has 3 rings (SSSR count). The number of rotatable bonds is 9. The lowest BCUT2D eigenvalue weighted by Crippen LogP contribution is -2.35. The Morgan fingerprint density at radius 1 is 1.00 bits per heavy atom. The van der Waals surface area contributed by atoms with Crippen molar-refractivity contribution < 1.29 is 23.1 Å². The number of para-hydroxylation sites is 1. The molecule has 184 valence electrons. The van der Waals surface area contributed by atoms with Gasteiger partial charge in [-0.15, -0.1) is 0 Å². The number of amides is 1. The van der Waals surface area contributed by atoms with Gasteiger partial charge in [-0.05, 0) is 34.7 Å². The molecule has 0 radical (unpaired) electrons. The number of nitrogens with zero attached hydrogens (tertiary/aromatic N) is 2. The summed E-state index contributed by atoms with van der Waals surface area (Å²) in [6, 6.07) is 12.4. The highest BCUT2D eigenvalue weighted by Crippen LogP contribution is 2.26. The quantitative estimate of drug-likeness (QED) is 0.505. The van der Waals surface area contributed by atoms with Crippen LogP contribution in [-0.2, 0) is 28.0 Å². The summed E-state index contributed by atoms with van der Waals surface area (Å²) in [5, 5.41) is 6.54. The van der Waals surface area contributed by atoms with Crippen molar-refractivity contribution in [2.24, 2.45) is 0 Å². The van der Waals surface area contributed by atoms with Gasteiger partial charge in [-0.3, -0.25) is 14.4 Å². The summed E-state index contributed by atoms with van der Waals surface area (Å²) in [4.78, 5) is 37.2. The molecule has 0 bridgehead atoms. The number of hydrogen-bond donors (Lipinski definition) is 1. The minimum atomic E-state index is -0.930. The van der Waals surface area contributed by atoms with Gasteiger partial charge in [0.15, 0.2) is 23.2 Å². The van der Waals surface area contributed by atoms with E-state index in [9.17, 15) is 23.2 Å². The van der Waals surface area contributed by atoms with Gasteiger partial charge in [0.1, 0.15) is 6.61 Å². The molecule has 0 fully saturated rings. The standard InChI is InChI=1S/C26H27F2N3O4/c1-26(2,3)20-8-5-4-7-18(20)15-31-25(34)17(11-12-30-31)13-23(33)29-14-19(32)16-35-24-21(27)9-6-10-22(24)28/h4-12H,13-16H2,1-3H3,(H,29,33). The van der Waals surface area contributed by atoms with Crippen molar-refractivity contribution >= 4 is 11.7 Å². The Morgan fingerprint density at radius 3 is 2.37 bits per heavy atom. The minimum absolute atomic E-state index is 0.119. The van der Waals surface area contributed by atoms with Crippen LogP contribution >= 0.6 is 0 Å². The molecule has 0 saturated carbocycles. The van der Waals surface area contributed by atoms with E-state index in [1.165, 1.54) is 23.0 Å². The first-order valence-electron chi connectivity index (χ1n) is 11.0. The molecule has 3 aromatic rings. The first kappa shape index (κ1) is 25.7. The van der Waals surface area contributed by atoms with Crippen LogP contribution in [0.3, 0.4) is 0 Å². The van der Waals surface area contributed by atoms with Crippen LogP contribution in [0.15, 0.2) is 59.5 Å². The number of ether oxygens (including phenoxy) is 1. The van der Waals surface area contributed by atoms with E-state index in [0.29, 0.717) is 0 Å². The number of nitrogens with one attached hydrogen (secondary N) is 1. The fourth-order valence-electron chi connectivity index (χ4n) is 3.55. The van der Waals surface area contributed by atoms with E-state index in [1.54, 1.807) is 0 Å². The van der Waals surface area contributed by atoms with E-state index < -0.39 is 47.8 Å². The molecule has 1 heterocycles. The van der Waals surface area contributed by atoms with E-state index in [0.717, 1.165) is 23.3 Å². The summed E-state index contributed by atoms with van der Waals surface area (Å²) in [5.74, 6) is -3.66. The van der Waals surface area contributed by atoms with E-state index in [2.05, 4.69) is 31.2 Å². The third-order valence-electron chi connectivity index (χ3n) is 5.27. The number of aromatic nitrogens is 2. The van der Waals surface area contributed by atoms with Crippen molar-refractivity contribution in [3.05, 3.63) is 93.4 Å². The third kappa shape index (κ3) is 6.81. The SMILES string of the molecule is CC(C)(C)c1ccccc1Cn1nccc(CC(=O)NCC(=O)COc2c(F)cccc2F)c1=O. The summed E-state index contributed by atoms with van der Waals surface area (Å²) < 4.78 is 33.3. The lowest BCUT2D eigenvalue weighted by atomic mass is 9.84. The predicted molar refractivity (Wildman–Crippen MR) is 126 cm³/mol. The monoisotopic (exact) mass is 483 g/mol. The molecule has 7 nitrogen and oxygen atoms in total. The zero-order chi connectivity index (χ0) is 25.6. The Hall–Kier alpha value is -3.88. The van der Waals surface area contributed by atoms with Crippen LogP contribution in [0.25, 0.3) is 0 Å². The van der Waals surface area contributed by atoms with Crippen LogP contribution in [-0.4, -0.2) is 34.6 Å². The predicted octanol–water partition coefficient (Wildman–Crippen LogP) is 3.17. The van der Waals surface area contributed by atoms with Crippen LogP contribution in [0.5, 0.6) is 5.75 Å². The second kappa shape index (κ2) is 11.0. The van der Waals surface area contributed by atoms with Crippen molar-refractivity contribution in [3.8, 4) is 5.75 Å². The highest BCUT2D eigenvalue weighted by Gasteiger charge is 2.19. The molecule has 0 unspecified atom stereocenters. The van der Waals surface area contributed by atoms with Gasteiger partial charge in [-0.1, -0.05) is 51.1 Å². The van der Waals surface area contributed by atoms with Gasteiger partial charge in [0.2, 0.25) is 5.91 Å². The Labute approximate surface area is 201 Å². The van der Waals surface area contributed by atoms with Gasteiger partial charge >= 0.3 is 0 Å². The minimum Gasteiger partial charge on any atom is -0.480 e. The molecule has 2 aromatic carbocycles. The van der Waals surface area contributed by atoms with Crippen LogP contribution in [0, 0.1) is 11.6 Å². The fraction of sp³-hybridized carbons (Fsp3) is 0.308. The van der Waals surface area contributed by atoms with Crippen LogP contribution in [0.1, 0.15) is 37.5 Å². The molecule has 1 amide bonds. The van der Waals surface area contributed by atoms with Crippen LogP contribution in [0.2, 0.25) is 0 Å². The highest BCUT2D eigenvalue weighted by molar-refractivity contribution is 5.87. The van der Waals surface area contributed by atoms with E-state index in [1.807, 2.05) is 24.3 Å². The maximum absolute atomic E-state index is 13.6. The second-order valence-corrected chi connectivity index (χ2v) is 9.06. The maximum atomic E-state index is 13.6. The lowest BCUT2D eigenvalue weighted by Gasteiger charge is -2.23. The topological polar surface area (TPSA) is 90.3 Å². The fourth-order valence-corrected chi connectivity index (χ4v) is 3.55. The Kier molecular flexibility index (Phi) is 8.11. The maximum Gasteiger partial charge on any atom is 0.270 e. The summed E-state index contributed by atoms with van der Waals surface area (Å²) in [7, 11) is 0. The van der Waals surface area contributed by atoms with Gasteiger partial charge in [0.05, 0.1) is 19.5 Å². The van der Waals surface area contributed by atoms with Crippen molar-refractivity contribution in [2.75, 3.05) is 13.2 Å². The summed E-state index contributed by atoms with van der Waals surface area (Å²) in [6.45, 7) is 5.48. The Morgan fingerprint density at radius 2 is 1.69 bits per heavy atom. The van der Waals surface area contributed by atoms with Gasteiger partial charge in [0, 0.05) is 11.8 Å². The normalized spacial score (nSPS) is 11.2. The van der Waals surface area contributed by atoms with Crippen LogP contribution in [0.4, 0.5) is 8.78 Å². The number of carbonyl (C=O) groups excluding carboxylic acids is 2. The first-order chi connectivity index (χ1) is 16.6. The third-order valence-corrected chi connectivity index (χ3v) is 5.27. The van der Waals surface area contributed by atoms with Crippen LogP contribution < -0.4 is 15.6 Å². The van der Waals surface area contributed by atoms with Crippen molar-refractivity contribution in [1.29, 1.82) is 0 Å². The molecule has 1 N–H and O–H groups in total. The van der Waals surface area contributed by atoms with Crippen molar-refractivity contribution in [2.45, 2.75) is 39.2 Å². The summed E-state index contributed by atoms with van der Waals surface area (Å²) in [6.07, 6.45) is 1.20. The van der Waals surface area contributed by atoms with Gasteiger partial charge in [-0.2, -0.15) is 5.10 Å². The number of ketones is 1. The number of carbonyl (C=O) groups is 2. The zero-order valence-corrected chi connectivity index (χ0v) is 19.8. The number of halogens is 2. The van der Waals surface area contributed by atoms with E-state index in [4.69, 9.17) is 4.74 Å². The Balaban J connectivity index is 1.59. The number of hydrogen-bond acceptors (Lipinski definition) is 5. The summed E-state index contributed by atoms with van der Waals surface area (Å²) >= 11 is 0. The molecule has 0 spiro atoms. The molecule has 35 heavy (non-hydrogen) atoms. The molecular formula is C26H27F2N3O4. The van der Waals surface area contributed by atoms with Gasteiger partial charge in [0.25, 0.3) is 5.56 Å². The highest BCUT2D eigenvalue weighted by atomic mass is 19.1. The van der Waals surface area contributed by atoms with Crippen molar-refractivity contribution in [1.82, 2.24) is 15.1 Å². The van der Waals surface area contributed by atoms with Gasteiger partial charge in [-0.25, -0.2) is 13.5 Å². The molecule has 0 atom stereocenters. The molecule has 0 saturated heterocycles. The zero-order valence-electron chi connectivity index (χ0n) is 19.8. The average Bonchev–Trinajstić information content (AvgIpc) is 2.79. The van der Waals surface area contributed by atoms with E-state index >= 15 is 0 Å². The Bertz CT molecular complexity index is 1260. The lowest BCUT2D eigenvalue weighted by molar-refractivity contribution is -0.125. The first-order valence-corrected chi connectivity index (χ1v) is 11.0. The second-order valence-electron chi connectivity index (χ2n) is 9.06. The smallest absolute Gasteiger partial charge is 0.270 e. The number of benzene rings is 2. The molecular weight excluding hydrogens is 456 g/mol.